The van der Waals surface area contributed by atoms with E-state index in [1.807, 2.05) is 57.5 Å². The number of nitrogens with two attached hydrogens (primary N) is 1. The molecule has 4 aliphatic heterocycles. The van der Waals surface area contributed by atoms with E-state index in [1.54, 1.807) is 86.6 Å². The number of sulfone groups is 1. The number of benzene rings is 6. The Balaban J connectivity index is 0.000000288. The molecule has 2 fully saturated rings. The first-order valence-corrected chi connectivity index (χ1v) is 48.2. The van der Waals surface area contributed by atoms with Crippen LogP contribution in [-0.2, 0) is 126 Å². The van der Waals surface area contributed by atoms with E-state index in [4.69, 9.17) is 110 Å². The number of nitrogens with one attached hydrogen (secondary N) is 3. The maximum Gasteiger partial charge on any atom is 0.349 e. The van der Waals surface area contributed by atoms with Gasteiger partial charge in [0.2, 0.25) is 32.1 Å². The summed E-state index contributed by atoms with van der Waals surface area (Å²) in [6.45, 7) is 14.0. The molecule has 40 heteroatoms. The van der Waals surface area contributed by atoms with Gasteiger partial charge >= 0.3 is 11.9 Å². The van der Waals surface area contributed by atoms with Crippen molar-refractivity contribution in [3.8, 4) is 0 Å². The number of fused-ring (bicyclic) bond motifs is 3. The van der Waals surface area contributed by atoms with Gasteiger partial charge in [-0.05, 0) is 185 Å². The molecular formula is C88H111Cl6FN8O22S3. The summed E-state index contributed by atoms with van der Waals surface area (Å²) in [5.41, 5.74) is 10.9. The molecule has 0 radical (unpaired) electrons. The van der Waals surface area contributed by atoms with Crippen LogP contribution in [0.4, 0.5) is 4.39 Å². The smallest absolute Gasteiger partial charge is 0.349 e. The topological polar surface area (TPSA) is 388 Å². The van der Waals surface area contributed by atoms with Gasteiger partial charge in [0.15, 0.2) is 26.8 Å². The standard InChI is InChI=1S/C51H64Cl4N4O10S2.C22H29Cl2N3O4S.C14H15NO8.CH3F/c1-51(2,49(60)13-7-16-66-20-23-69-19-15-57-71(64,65)40-12-6-10-36(26-40)44-32-59(4)34-46-42(44)28-38(53)30-48(46)55)50(61)56-14-18-68-22-21-67-17-8-24-70(62,63)39-11-5-9-35(25-39)43-31-58(3)33-45-41(43)27-37(52)29-47(45)54;1-27-14-20(19-12-17(23)13-22(24)21(19)15-27)16-3-2-4-18(11-16)32(28,29)26-6-8-31-10-9-30-7-5-25;1-14(2,12(20)22-11-7(16)3-4-8(11)17)13(21)23-15-9(18)5-6-10(15)19;1-2/h5-6,9-12,25-30,43-44,57H,7-8,13-24,31-34H2,1-4H3,(H,56,61);2-4,11-13,20,26H,5-10,14-15,25H2,1H3;11H,3-6H2,1-2H3;1H3/i;;;1D. The molecule has 6 aromatic carbocycles. The number of ketones is 3. The van der Waals surface area contributed by atoms with E-state index in [1.165, 1.54) is 0 Å². The summed E-state index contributed by atoms with van der Waals surface area (Å²) < 4.78 is 137. The van der Waals surface area contributed by atoms with E-state index in [-0.39, 0.29) is 155 Å². The Hall–Kier alpha value is -7.08. The highest BCUT2D eigenvalue weighted by molar-refractivity contribution is 7.91. The van der Waals surface area contributed by atoms with Crippen molar-refractivity contribution < 1.29 is 107 Å². The monoisotopic (exact) mass is 1960 g/mol. The zero-order chi connectivity index (χ0) is 94.6. The summed E-state index contributed by atoms with van der Waals surface area (Å²) in [6, 6.07) is 31.9. The third-order valence-electron chi connectivity index (χ3n) is 21.5. The predicted molar refractivity (Wildman–Crippen MR) is 482 cm³/mol. The van der Waals surface area contributed by atoms with E-state index in [9.17, 15) is 68.0 Å². The van der Waals surface area contributed by atoms with Gasteiger partial charge in [0.1, 0.15) is 11.2 Å². The molecule has 5 N–H and O–H groups in total. The van der Waals surface area contributed by atoms with Crippen LogP contribution in [0, 0.1) is 10.8 Å². The Kier molecular flexibility index (Phi) is 41.0. The van der Waals surface area contributed by atoms with Crippen LogP contribution < -0.4 is 20.5 Å². The largest absolute Gasteiger partial charge is 0.445 e. The highest BCUT2D eigenvalue weighted by Crippen LogP contribution is 2.43. The second kappa shape index (κ2) is 50.1. The number of nitrogens with zero attached hydrogens (tertiary/aromatic N) is 4. The van der Waals surface area contributed by atoms with E-state index >= 15 is 0 Å². The summed E-state index contributed by atoms with van der Waals surface area (Å²) in [5.74, 6) is -5.68. The number of Topliss-reactive ketones (excluding diaryl/α,β-unsaturated/α-hetero) is 3. The molecule has 0 aromatic heterocycles. The number of sulfonamides is 2. The fourth-order valence-electron chi connectivity index (χ4n) is 14.5. The SMILES string of the molecule is CC(C)(C(=O)OC1C(=O)CCC1=O)C(=O)ON1C(=O)CCC1=O.CN1Cc2c(Cl)cc(Cl)cc2C(c2cccc(S(=O)(=O)CCCOCCOCCNC(=O)C(C)(C)C(=O)CCCOCCOCCNS(=O)(=O)c3cccc(C4CN(C)Cc5c(Cl)cc(Cl)cc54)c3)c2)C1.CN1Cc2c(Cl)cc(Cl)cc2C(c2cccc(S(=O)(=O)NCCOCCOCCN)c2)C1.[2H]CF. The van der Waals surface area contributed by atoms with E-state index < -0.39 is 95.2 Å². The Labute approximate surface area is 778 Å². The Bertz CT molecular complexity index is 5020. The molecule has 11 rings (SSSR count). The number of likely N-dealkylation sites (N-methyl/N-ethyl adjacent to an activating group) is 3. The summed E-state index contributed by atoms with van der Waals surface area (Å²) in [5, 5.41) is 6.54. The maximum atomic E-state index is 13.3. The number of imide groups is 1. The first-order valence-electron chi connectivity index (χ1n) is 42.0. The number of esters is 1. The highest BCUT2D eigenvalue weighted by atomic mass is 35.5. The van der Waals surface area contributed by atoms with Crippen LogP contribution in [0.15, 0.2) is 124 Å². The quantitative estimate of drug-likeness (QED) is 0.0120. The molecule has 0 bridgehead atoms. The van der Waals surface area contributed by atoms with Crippen LogP contribution in [0.25, 0.3) is 0 Å². The maximum absolute atomic E-state index is 13.3. The van der Waals surface area contributed by atoms with Crippen LogP contribution in [-0.4, -0.2) is 257 Å². The predicted octanol–water partition coefficient (Wildman–Crippen LogP) is 11.0. The molecular weight excluding hydrogens is 1850 g/mol. The van der Waals surface area contributed by atoms with Crippen molar-refractivity contribution in [1.29, 1.82) is 0 Å². The Morgan fingerprint density at radius 2 is 0.852 bits per heavy atom. The number of carbonyl (C=O) groups excluding carboxylic acids is 8. The number of hydroxylamine groups is 2. The second-order valence-corrected chi connectivity index (χ2v) is 40.1. The molecule has 3 unspecified atom stereocenters. The van der Waals surface area contributed by atoms with Crippen LogP contribution in [0.1, 0.15) is 142 Å². The van der Waals surface area contributed by atoms with Crippen LogP contribution in [0.2, 0.25) is 30.1 Å². The van der Waals surface area contributed by atoms with Gasteiger partial charge in [0.25, 0.3) is 11.8 Å². The number of halogens is 7. The zero-order valence-electron chi connectivity index (χ0n) is 73.3. The first-order chi connectivity index (χ1) is 61.1. The van der Waals surface area contributed by atoms with Crippen molar-refractivity contribution in [2.45, 2.75) is 131 Å². The summed E-state index contributed by atoms with van der Waals surface area (Å²) in [6.07, 6.45) is -0.830. The van der Waals surface area contributed by atoms with Crippen LogP contribution in [0.5, 0.6) is 0 Å². The van der Waals surface area contributed by atoms with Gasteiger partial charge in [-0.2, -0.15) is 0 Å². The Morgan fingerprint density at radius 1 is 0.484 bits per heavy atom. The number of amides is 3. The van der Waals surface area contributed by atoms with Gasteiger partial charge in [-0.1, -0.05) is 106 Å². The molecule has 1 saturated carbocycles. The van der Waals surface area contributed by atoms with Gasteiger partial charge in [0, 0.05) is 159 Å². The van der Waals surface area contributed by atoms with Crippen molar-refractivity contribution in [3.05, 3.63) is 189 Å². The number of ether oxygens (including phenoxy) is 7. The fraction of sp³-hybridized carbons (Fsp3) is 0.500. The van der Waals surface area contributed by atoms with E-state index in [0.29, 0.717) is 101 Å². The molecule has 4 heterocycles. The van der Waals surface area contributed by atoms with Gasteiger partial charge in [0.05, 0.1) is 95.0 Å². The van der Waals surface area contributed by atoms with Crippen molar-refractivity contribution in [2.75, 3.05) is 159 Å². The van der Waals surface area contributed by atoms with E-state index in [0.717, 1.165) is 77.0 Å². The lowest BCUT2D eigenvalue weighted by Gasteiger charge is -2.33. The van der Waals surface area contributed by atoms with Gasteiger partial charge in [-0.3, -0.25) is 38.0 Å². The highest BCUT2D eigenvalue weighted by Gasteiger charge is 2.47. The average Bonchev–Trinajstić information content (AvgIpc) is 0.895. The zero-order valence-corrected chi connectivity index (χ0v) is 79.3. The van der Waals surface area contributed by atoms with Crippen molar-refractivity contribution >= 4 is 146 Å². The van der Waals surface area contributed by atoms with Gasteiger partial charge < -0.3 is 63.7 Å². The lowest BCUT2D eigenvalue weighted by molar-refractivity contribution is -0.207. The summed E-state index contributed by atoms with van der Waals surface area (Å²) in [4.78, 5) is 107. The molecule has 128 heavy (non-hydrogen) atoms. The molecule has 6 aromatic rings. The molecule has 1 saturated heterocycles. The van der Waals surface area contributed by atoms with Gasteiger partial charge in [-0.25, -0.2) is 39.5 Å². The average molecular weight is 1960 g/mol. The fourth-order valence-corrected chi connectivity index (χ4v) is 19.7. The number of hydrogen-bond acceptors (Lipinski definition) is 26. The van der Waals surface area contributed by atoms with Crippen LogP contribution >= 0.6 is 69.6 Å². The lowest BCUT2D eigenvalue weighted by atomic mass is 9.84. The first kappa shape index (κ1) is 105. The van der Waals surface area contributed by atoms with Crippen molar-refractivity contribution in [1.82, 2.24) is 34.5 Å². The van der Waals surface area contributed by atoms with Crippen molar-refractivity contribution in [2.24, 2.45) is 16.6 Å². The molecule has 702 valence electrons. The minimum Gasteiger partial charge on any atom is -0.445 e. The molecule has 3 atom stereocenters. The number of rotatable bonds is 42. The van der Waals surface area contributed by atoms with Gasteiger partial charge in [-0.15, -0.1) is 5.06 Å². The molecule has 1 aliphatic carbocycles. The third-order valence-corrected chi connectivity index (χ3v) is 27.9. The lowest BCUT2D eigenvalue weighted by Crippen LogP contribution is -2.44. The summed E-state index contributed by atoms with van der Waals surface area (Å²) >= 11 is 38.4. The van der Waals surface area contributed by atoms with Crippen LogP contribution in [0.3, 0.4) is 0 Å². The second-order valence-electron chi connectivity index (χ2n) is 32.0. The number of carbonyl (C=O) groups is 8. The normalized spacial score (nSPS) is 17.1. The molecule has 30 nitrogen and oxygen atoms in total. The minimum atomic E-state index is -3.81. The number of alkyl halides is 1. The molecule has 5 aliphatic rings. The third kappa shape index (κ3) is 30.2. The van der Waals surface area contributed by atoms with E-state index in [2.05, 4.69) is 34.3 Å². The van der Waals surface area contributed by atoms with Crippen molar-refractivity contribution in [3.63, 3.8) is 0 Å². The number of hydrogen-bond donors (Lipinski definition) is 4. The molecule has 3 amide bonds. The Morgan fingerprint density at radius 3 is 1.26 bits per heavy atom. The molecule has 0 spiro atoms. The minimum absolute atomic E-state index is 0.0154. The summed E-state index contributed by atoms with van der Waals surface area (Å²) in [7, 11) is -6.03.